The summed E-state index contributed by atoms with van der Waals surface area (Å²) in [6.07, 6.45) is -6.65. The number of rotatable bonds is 7. The van der Waals surface area contributed by atoms with Crippen LogP contribution in [0.15, 0.2) is 36.4 Å². The SMILES string of the molecule is O=C(O)c1cccc(C(F)(F)C(F)(c2cccc(C(=O)O)c2C(=O)O)C(F)(F)F)c1C(=O)O. The maximum atomic E-state index is 15.7. The Morgan fingerprint density at radius 1 is 0.576 bits per heavy atom. The first-order chi connectivity index (χ1) is 15.0. The highest BCUT2D eigenvalue weighted by atomic mass is 19.4. The summed E-state index contributed by atoms with van der Waals surface area (Å²) in [6, 6.07) is 1.69. The number of carboxylic acid groups (broad SMARTS) is 4. The highest BCUT2D eigenvalue weighted by Gasteiger charge is 2.74. The van der Waals surface area contributed by atoms with Crippen LogP contribution >= 0.6 is 0 Å². The normalized spacial score (nSPS) is 13.8. The molecule has 176 valence electrons. The van der Waals surface area contributed by atoms with Crippen molar-refractivity contribution in [1.82, 2.24) is 0 Å². The largest absolute Gasteiger partial charge is 0.478 e. The molecule has 2 aromatic rings. The van der Waals surface area contributed by atoms with Crippen LogP contribution in [0.1, 0.15) is 52.6 Å². The average molecular weight is 480 g/mol. The fourth-order valence-electron chi connectivity index (χ4n) is 3.16. The standard InChI is InChI=1S/C19H10F6O8/c20-17(19(23,24)25,9-5-1-3-7(13(26)27)11(9)15(30)31)18(21,22)10-6-2-4-8(14(28)29)12(10)16(32)33/h1-6H,(H,26,27)(H,28,29)(H,30,31)(H,32,33). The fourth-order valence-corrected chi connectivity index (χ4v) is 3.16. The molecule has 0 fully saturated rings. The lowest BCUT2D eigenvalue weighted by Crippen LogP contribution is -2.52. The third kappa shape index (κ3) is 3.83. The zero-order valence-corrected chi connectivity index (χ0v) is 15.7. The van der Waals surface area contributed by atoms with Crippen molar-refractivity contribution in [3.05, 3.63) is 69.8 Å². The van der Waals surface area contributed by atoms with E-state index in [1.54, 1.807) is 0 Å². The van der Waals surface area contributed by atoms with E-state index in [4.69, 9.17) is 10.2 Å². The van der Waals surface area contributed by atoms with E-state index in [1.165, 1.54) is 0 Å². The van der Waals surface area contributed by atoms with Crippen LogP contribution in [-0.4, -0.2) is 50.5 Å². The number of aromatic carboxylic acids is 4. The number of hydrogen-bond acceptors (Lipinski definition) is 4. The van der Waals surface area contributed by atoms with Crippen LogP contribution in [-0.2, 0) is 11.6 Å². The number of benzene rings is 2. The summed E-state index contributed by atoms with van der Waals surface area (Å²) in [5.74, 6) is -15.2. The Bertz CT molecular complexity index is 1170. The van der Waals surface area contributed by atoms with Crippen LogP contribution in [0.4, 0.5) is 26.3 Å². The number of halogens is 6. The second-order valence-electron chi connectivity index (χ2n) is 6.41. The summed E-state index contributed by atoms with van der Waals surface area (Å²) >= 11 is 0. The van der Waals surface area contributed by atoms with Gasteiger partial charge in [-0.25, -0.2) is 23.6 Å². The molecular weight excluding hydrogens is 470 g/mol. The lowest BCUT2D eigenvalue weighted by Gasteiger charge is -2.37. The molecule has 0 radical (unpaired) electrons. The molecule has 1 unspecified atom stereocenters. The van der Waals surface area contributed by atoms with Gasteiger partial charge >= 0.3 is 36.0 Å². The minimum atomic E-state index is -6.65. The molecule has 0 aliphatic carbocycles. The fraction of sp³-hybridized carbons (Fsp3) is 0.158. The molecule has 4 N–H and O–H groups in total. The topological polar surface area (TPSA) is 149 Å². The molecule has 14 heteroatoms. The Hall–Kier alpha value is -4.10. The second kappa shape index (κ2) is 8.11. The molecule has 33 heavy (non-hydrogen) atoms. The zero-order valence-electron chi connectivity index (χ0n) is 15.7. The first-order valence-corrected chi connectivity index (χ1v) is 8.33. The van der Waals surface area contributed by atoms with E-state index in [0.717, 1.165) is 0 Å². The summed E-state index contributed by atoms with van der Waals surface area (Å²) in [4.78, 5) is 45.4. The van der Waals surface area contributed by atoms with Gasteiger partial charge in [0.1, 0.15) is 0 Å². The Morgan fingerprint density at radius 2 is 0.939 bits per heavy atom. The van der Waals surface area contributed by atoms with Gasteiger partial charge in [-0.05, 0) is 12.1 Å². The van der Waals surface area contributed by atoms with E-state index < -0.39 is 75.0 Å². The predicted octanol–water partition coefficient (Wildman–Crippen LogP) is 4.00. The van der Waals surface area contributed by atoms with Gasteiger partial charge in [0.2, 0.25) is 0 Å². The van der Waals surface area contributed by atoms with Crippen molar-refractivity contribution in [3.8, 4) is 0 Å². The summed E-state index contributed by atoms with van der Waals surface area (Å²) in [5, 5.41) is 36.5. The minimum Gasteiger partial charge on any atom is -0.478 e. The van der Waals surface area contributed by atoms with Crippen molar-refractivity contribution < 1.29 is 65.9 Å². The zero-order chi connectivity index (χ0) is 25.5. The smallest absolute Gasteiger partial charge is 0.433 e. The Balaban J connectivity index is 3.09. The highest BCUT2D eigenvalue weighted by Crippen LogP contribution is 2.58. The summed E-state index contributed by atoms with van der Waals surface area (Å²) in [6.45, 7) is 0. The van der Waals surface area contributed by atoms with Crippen LogP contribution in [0, 0.1) is 0 Å². The van der Waals surface area contributed by atoms with E-state index in [1.807, 2.05) is 0 Å². The first-order valence-electron chi connectivity index (χ1n) is 8.33. The number of hydrogen-bond donors (Lipinski definition) is 4. The van der Waals surface area contributed by atoms with E-state index in [2.05, 4.69) is 0 Å². The third-order valence-corrected chi connectivity index (χ3v) is 4.55. The van der Waals surface area contributed by atoms with E-state index in [9.17, 15) is 42.6 Å². The Morgan fingerprint density at radius 3 is 1.27 bits per heavy atom. The molecule has 0 bridgehead atoms. The van der Waals surface area contributed by atoms with Crippen LogP contribution < -0.4 is 0 Å². The molecule has 2 rings (SSSR count). The molecule has 0 aliphatic heterocycles. The van der Waals surface area contributed by atoms with Gasteiger partial charge in [0.15, 0.2) is 0 Å². The molecule has 0 aliphatic rings. The molecule has 0 saturated carbocycles. The Labute approximate surface area is 178 Å². The molecule has 1 atom stereocenters. The van der Waals surface area contributed by atoms with E-state index in [0.29, 0.717) is 24.3 Å². The first kappa shape index (κ1) is 25.2. The molecule has 2 aromatic carbocycles. The molecule has 8 nitrogen and oxygen atoms in total. The second-order valence-corrected chi connectivity index (χ2v) is 6.41. The summed E-state index contributed by atoms with van der Waals surface area (Å²) < 4.78 is 88.0. The van der Waals surface area contributed by atoms with Gasteiger partial charge in [0, 0.05) is 11.1 Å². The molecular formula is C19H10F6O8. The molecule has 0 amide bonds. The van der Waals surface area contributed by atoms with Crippen LogP contribution in [0.5, 0.6) is 0 Å². The maximum absolute atomic E-state index is 15.7. The molecule has 0 saturated heterocycles. The maximum Gasteiger partial charge on any atom is 0.433 e. The van der Waals surface area contributed by atoms with Crippen molar-refractivity contribution >= 4 is 23.9 Å². The van der Waals surface area contributed by atoms with Gasteiger partial charge in [-0.15, -0.1) is 0 Å². The monoisotopic (exact) mass is 480 g/mol. The quantitative estimate of drug-likeness (QED) is 0.435. The summed E-state index contributed by atoms with van der Waals surface area (Å²) in [5.41, 5.74) is -17.3. The van der Waals surface area contributed by atoms with Crippen molar-refractivity contribution in [1.29, 1.82) is 0 Å². The molecule has 0 heterocycles. The Kier molecular flexibility index (Phi) is 6.18. The van der Waals surface area contributed by atoms with E-state index in [-0.39, 0.29) is 12.1 Å². The number of carboxylic acids is 4. The van der Waals surface area contributed by atoms with Crippen molar-refractivity contribution in [3.63, 3.8) is 0 Å². The minimum absolute atomic E-state index is 0.0252. The highest BCUT2D eigenvalue weighted by molar-refractivity contribution is 6.04. The average Bonchev–Trinajstić information content (AvgIpc) is 2.70. The lowest BCUT2D eigenvalue weighted by molar-refractivity contribution is -0.314. The van der Waals surface area contributed by atoms with Crippen LogP contribution in [0.3, 0.4) is 0 Å². The molecule has 0 aromatic heterocycles. The summed E-state index contributed by atoms with van der Waals surface area (Å²) in [7, 11) is 0. The van der Waals surface area contributed by atoms with Gasteiger partial charge in [0.05, 0.1) is 22.3 Å². The van der Waals surface area contributed by atoms with Crippen molar-refractivity contribution in [2.75, 3.05) is 0 Å². The van der Waals surface area contributed by atoms with Crippen molar-refractivity contribution in [2.45, 2.75) is 17.8 Å². The van der Waals surface area contributed by atoms with Gasteiger partial charge in [0.25, 0.3) is 5.67 Å². The predicted molar refractivity (Wildman–Crippen MR) is 93.5 cm³/mol. The van der Waals surface area contributed by atoms with Crippen molar-refractivity contribution in [2.24, 2.45) is 0 Å². The number of alkyl halides is 6. The van der Waals surface area contributed by atoms with E-state index >= 15 is 13.2 Å². The van der Waals surface area contributed by atoms with Gasteiger partial charge in [-0.3, -0.25) is 0 Å². The van der Waals surface area contributed by atoms with Crippen LogP contribution in [0.2, 0.25) is 0 Å². The lowest BCUT2D eigenvalue weighted by atomic mass is 9.79. The van der Waals surface area contributed by atoms with Gasteiger partial charge < -0.3 is 20.4 Å². The number of carbonyl (C=O) groups is 4. The van der Waals surface area contributed by atoms with Gasteiger partial charge in [-0.2, -0.15) is 22.0 Å². The third-order valence-electron chi connectivity index (χ3n) is 4.55. The molecule has 0 spiro atoms. The van der Waals surface area contributed by atoms with Crippen LogP contribution in [0.25, 0.3) is 0 Å². The van der Waals surface area contributed by atoms with Gasteiger partial charge in [-0.1, -0.05) is 24.3 Å².